The number of hydrogen-bond donors (Lipinski definition) is 2. The van der Waals surface area contributed by atoms with E-state index in [0.29, 0.717) is 0 Å². The number of hydrazine groups is 1. The summed E-state index contributed by atoms with van der Waals surface area (Å²) in [5, 5.41) is 2.20. The van der Waals surface area contributed by atoms with E-state index in [2.05, 4.69) is 19.2 Å². The van der Waals surface area contributed by atoms with Gasteiger partial charge in [0.1, 0.15) is 0 Å². The molecule has 0 radical (unpaired) electrons. The van der Waals surface area contributed by atoms with Crippen molar-refractivity contribution in [2.75, 3.05) is 0 Å². The molecule has 1 unspecified atom stereocenters. The molecule has 0 aliphatic heterocycles. The van der Waals surface area contributed by atoms with Crippen molar-refractivity contribution in [3.8, 4) is 0 Å². The molecule has 2 aromatic heterocycles. The summed E-state index contributed by atoms with van der Waals surface area (Å²) in [6.07, 6.45) is 5.35. The van der Waals surface area contributed by atoms with Gasteiger partial charge in [0.15, 0.2) is 0 Å². The van der Waals surface area contributed by atoms with Crippen LogP contribution in [0.4, 0.5) is 0 Å². The van der Waals surface area contributed by atoms with Gasteiger partial charge in [-0.3, -0.25) is 10.8 Å². The summed E-state index contributed by atoms with van der Waals surface area (Å²) < 4.78 is 8.25. The lowest BCUT2D eigenvalue weighted by Crippen LogP contribution is -2.29. The lowest BCUT2D eigenvalue weighted by Gasteiger charge is -2.15. The van der Waals surface area contributed by atoms with Crippen LogP contribution >= 0.6 is 11.7 Å². The second-order valence-electron chi connectivity index (χ2n) is 3.88. The fraction of sp³-hybridized carbons (Fsp3) is 0.0833. The van der Waals surface area contributed by atoms with Crippen LogP contribution in [0.1, 0.15) is 17.3 Å². The summed E-state index contributed by atoms with van der Waals surface area (Å²) in [7, 11) is 0. The Morgan fingerprint density at radius 2 is 2.17 bits per heavy atom. The van der Waals surface area contributed by atoms with Crippen molar-refractivity contribution >= 4 is 22.5 Å². The predicted octanol–water partition coefficient (Wildman–Crippen LogP) is 1.64. The highest BCUT2D eigenvalue weighted by molar-refractivity contribution is 6.99. The van der Waals surface area contributed by atoms with E-state index in [1.807, 2.05) is 30.5 Å². The number of nitrogens with one attached hydrogen (secondary N) is 1. The highest BCUT2D eigenvalue weighted by Crippen LogP contribution is 2.27. The Balaban J connectivity index is 2.18. The largest absolute Gasteiger partial charge is 0.271 e. The molecule has 1 aromatic carbocycles. The average molecular weight is 257 g/mol. The number of nitrogens with two attached hydrogens (primary N) is 1. The van der Waals surface area contributed by atoms with Gasteiger partial charge >= 0.3 is 0 Å². The van der Waals surface area contributed by atoms with Crippen molar-refractivity contribution in [2.24, 2.45) is 5.84 Å². The molecule has 1 atom stereocenters. The van der Waals surface area contributed by atoms with Crippen molar-refractivity contribution in [1.29, 1.82) is 0 Å². The number of pyridine rings is 1. The van der Waals surface area contributed by atoms with Crippen molar-refractivity contribution in [1.82, 2.24) is 19.2 Å². The summed E-state index contributed by atoms with van der Waals surface area (Å²) in [6, 6.07) is 7.88. The van der Waals surface area contributed by atoms with Gasteiger partial charge in [-0.1, -0.05) is 18.2 Å². The number of nitrogens with zero attached hydrogens (tertiary/aromatic N) is 3. The molecule has 6 heteroatoms. The van der Waals surface area contributed by atoms with E-state index in [-0.39, 0.29) is 6.04 Å². The molecule has 3 aromatic rings. The Labute approximate surface area is 108 Å². The van der Waals surface area contributed by atoms with Gasteiger partial charge in [0, 0.05) is 17.8 Å². The topological polar surface area (TPSA) is 76.7 Å². The molecule has 0 saturated heterocycles. The molecule has 5 nitrogen and oxygen atoms in total. The van der Waals surface area contributed by atoms with E-state index < -0.39 is 0 Å². The molecule has 0 aliphatic rings. The van der Waals surface area contributed by atoms with Gasteiger partial charge in [-0.15, -0.1) is 0 Å². The molecular formula is C12H11N5S. The molecule has 90 valence electrons. The van der Waals surface area contributed by atoms with Crippen LogP contribution in [0.25, 0.3) is 10.8 Å². The zero-order valence-electron chi connectivity index (χ0n) is 9.45. The smallest absolute Gasteiger partial charge is 0.0970 e. The van der Waals surface area contributed by atoms with Gasteiger partial charge in [-0.25, -0.2) is 5.43 Å². The van der Waals surface area contributed by atoms with E-state index in [4.69, 9.17) is 5.84 Å². The summed E-state index contributed by atoms with van der Waals surface area (Å²) in [6.45, 7) is 0. The van der Waals surface area contributed by atoms with Crippen molar-refractivity contribution in [2.45, 2.75) is 6.04 Å². The first kappa shape index (κ1) is 11.2. The van der Waals surface area contributed by atoms with Gasteiger partial charge in [0.05, 0.1) is 29.7 Å². The predicted molar refractivity (Wildman–Crippen MR) is 70.8 cm³/mol. The minimum absolute atomic E-state index is 0.170. The molecule has 0 bridgehead atoms. The van der Waals surface area contributed by atoms with E-state index in [1.165, 1.54) is 11.7 Å². The van der Waals surface area contributed by atoms with Gasteiger partial charge in [0.2, 0.25) is 0 Å². The van der Waals surface area contributed by atoms with Crippen molar-refractivity contribution in [3.63, 3.8) is 0 Å². The van der Waals surface area contributed by atoms with Crippen LogP contribution in [0, 0.1) is 0 Å². The first-order valence-corrected chi connectivity index (χ1v) is 6.19. The fourth-order valence-electron chi connectivity index (χ4n) is 2.02. The maximum absolute atomic E-state index is 5.65. The minimum Gasteiger partial charge on any atom is -0.271 e. The molecular weight excluding hydrogens is 246 g/mol. The molecule has 3 N–H and O–H groups in total. The van der Waals surface area contributed by atoms with Gasteiger partial charge in [0.25, 0.3) is 0 Å². The Bertz CT molecular complexity index is 647. The first-order valence-electron chi connectivity index (χ1n) is 5.46. The molecule has 3 rings (SSSR count). The third kappa shape index (κ3) is 1.86. The van der Waals surface area contributed by atoms with E-state index >= 15 is 0 Å². The van der Waals surface area contributed by atoms with Gasteiger partial charge in [-0.2, -0.15) is 8.75 Å². The Morgan fingerprint density at radius 3 is 2.94 bits per heavy atom. The van der Waals surface area contributed by atoms with E-state index in [9.17, 15) is 0 Å². The summed E-state index contributed by atoms with van der Waals surface area (Å²) >= 11 is 1.17. The normalized spacial score (nSPS) is 12.7. The van der Waals surface area contributed by atoms with Crippen LogP contribution < -0.4 is 11.3 Å². The van der Waals surface area contributed by atoms with E-state index in [1.54, 1.807) is 12.4 Å². The van der Waals surface area contributed by atoms with Crippen LogP contribution in [-0.4, -0.2) is 13.7 Å². The molecule has 0 fully saturated rings. The maximum atomic E-state index is 5.65. The highest BCUT2D eigenvalue weighted by atomic mass is 32.1. The fourth-order valence-corrected chi connectivity index (χ4v) is 2.47. The number of hydrogen-bond acceptors (Lipinski definition) is 6. The molecule has 2 heterocycles. The zero-order valence-corrected chi connectivity index (χ0v) is 10.3. The van der Waals surface area contributed by atoms with Crippen molar-refractivity contribution in [3.05, 3.63) is 54.1 Å². The van der Waals surface area contributed by atoms with Crippen LogP contribution in [0.15, 0.2) is 42.9 Å². The van der Waals surface area contributed by atoms with Crippen molar-refractivity contribution < 1.29 is 0 Å². The zero-order chi connectivity index (χ0) is 12.4. The Kier molecular flexibility index (Phi) is 2.97. The second kappa shape index (κ2) is 4.77. The molecule has 0 amide bonds. The van der Waals surface area contributed by atoms with Crippen LogP contribution in [0.5, 0.6) is 0 Å². The number of fused-ring (bicyclic) bond motifs is 1. The summed E-state index contributed by atoms with van der Waals surface area (Å²) in [5.74, 6) is 5.65. The molecule has 0 aliphatic carbocycles. The SMILES string of the molecule is NNC(c1cnsn1)c1cccc2ccncc12. The van der Waals surface area contributed by atoms with Crippen LogP contribution in [0.2, 0.25) is 0 Å². The lowest BCUT2D eigenvalue weighted by atomic mass is 9.99. The quantitative estimate of drug-likeness (QED) is 0.551. The average Bonchev–Trinajstić information content (AvgIpc) is 2.94. The second-order valence-corrected chi connectivity index (χ2v) is 4.43. The van der Waals surface area contributed by atoms with Gasteiger partial charge in [-0.05, 0) is 17.0 Å². The third-order valence-electron chi connectivity index (χ3n) is 2.87. The highest BCUT2D eigenvalue weighted by Gasteiger charge is 2.17. The standard InChI is InChI=1S/C12H11N5S/c13-16-12(11-7-15-18-17-11)9-3-1-2-8-4-5-14-6-10(8)9/h1-7,12,16H,13H2. The van der Waals surface area contributed by atoms with Crippen LogP contribution in [0.3, 0.4) is 0 Å². The van der Waals surface area contributed by atoms with Crippen LogP contribution in [-0.2, 0) is 0 Å². The molecule has 0 saturated carbocycles. The third-order valence-corrected chi connectivity index (χ3v) is 3.36. The summed E-state index contributed by atoms with van der Waals surface area (Å²) in [5.41, 5.74) is 4.66. The number of aromatic nitrogens is 3. The molecule has 0 spiro atoms. The van der Waals surface area contributed by atoms with Gasteiger partial charge < -0.3 is 0 Å². The first-order chi connectivity index (χ1) is 8.90. The summed E-state index contributed by atoms with van der Waals surface area (Å²) in [4.78, 5) is 4.17. The lowest BCUT2D eigenvalue weighted by molar-refractivity contribution is 0.629. The number of benzene rings is 1. The minimum atomic E-state index is -0.170. The molecule has 18 heavy (non-hydrogen) atoms. The maximum Gasteiger partial charge on any atom is 0.0970 e. The Morgan fingerprint density at radius 1 is 1.22 bits per heavy atom. The van der Waals surface area contributed by atoms with E-state index in [0.717, 1.165) is 22.0 Å². The number of rotatable bonds is 3. The monoisotopic (exact) mass is 257 g/mol. The Hall–Kier alpha value is -1.89.